The third-order valence-corrected chi connectivity index (χ3v) is 2.51. The molecule has 0 amide bonds. The normalized spacial score (nSPS) is 11.6. The van der Waals surface area contributed by atoms with Crippen LogP contribution in [0.25, 0.3) is 11.3 Å². The monoisotopic (exact) mass is 252 g/mol. The zero-order valence-corrected chi connectivity index (χ0v) is 9.62. The number of nitrogens with zero attached hydrogens (tertiary/aromatic N) is 1. The number of aryl methyl sites for hydroxylation is 1. The maximum Gasteiger partial charge on any atom is 0.418 e. The summed E-state index contributed by atoms with van der Waals surface area (Å²) >= 11 is 0. The van der Waals surface area contributed by atoms with Crippen LogP contribution < -0.4 is 5.73 Å². The van der Waals surface area contributed by atoms with E-state index in [2.05, 4.69) is 4.98 Å². The lowest BCUT2D eigenvalue weighted by Crippen LogP contribution is -2.09. The van der Waals surface area contributed by atoms with Gasteiger partial charge in [-0.3, -0.25) is 4.98 Å². The van der Waals surface area contributed by atoms with Crippen LogP contribution in [0.3, 0.4) is 0 Å². The number of halogens is 3. The Balaban J connectivity index is 2.64. The fourth-order valence-corrected chi connectivity index (χ4v) is 1.72. The molecule has 0 bridgehead atoms. The van der Waals surface area contributed by atoms with Gasteiger partial charge in [0.2, 0.25) is 0 Å². The van der Waals surface area contributed by atoms with E-state index >= 15 is 0 Å². The second-order valence-corrected chi connectivity index (χ2v) is 4.03. The summed E-state index contributed by atoms with van der Waals surface area (Å²) in [7, 11) is 0. The quantitative estimate of drug-likeness (QED) is 0.841. The Morgan fingerprint density at radius 3 is 2.50 bits per heavy atom. The second-order valence-electron chi connectivity index (χ2n) is 4.03. The van der Waals surface area contributed by atoms with E-state index < -0.39 is 11.7 Å². The van der Waals surface area contributed by atoms with Crippen LogP contribution in [0, 0.1) is 6.92 Å². The van der Waals surface area contributed by atoms with Crippen LogP contribution in [-0.2, 0) is 6.18 Å². The van der Waals surface area contributed by atoms with Gasteiger partial charge in [0.05, 0.1) is 23.1 Å². The van der Waals surface area contributed by atoms with Gasteiger partial charge >= 0.3 is 6.18 Å². The van der Waals surface area contributed by atoms with Crippen molar-refractivity contribution in [2.24, 2.45) is 0 Å². The van der Waals surface area contributed by atoms with Crippen molar-refractivity contribution < 1.29 is 13.2 Å². The molecule has 0 aliphatic carbocycles. The number of hydrogen-bond donors (Lipinski definition) is 1. The highest BCUT2D eigenvalue weighted by molar-refractivity contribution is 5.66. The van der Waals surface area contributed by atoms with Gasteiger partial charge in [0, 0.05) is 5.56 Å². The first kappa shape index (κ1) is 12.4. The van der Waals surface area contributed by atoms with Gasteiger partial charge in [-0.2, -0.15) is 13.2 Å². The summed E-state index contributed by atoms with van der Waals surface area (Å²) in [5, 5.41) is 0. The van der Waals surface area contributed by atoms with Crippen LogP contribution >= 0.6 is 0 Å². The lowest BCUT2D eigenvalue weighted by Gasteiger charge is -2.13. The molecule has 0 aliphatic heterocycles. The summed E-state index contributed by atoms with van der Waals surface area (Å²) in [6, 6.07) is 7.68. The zero-order valence-electron chi connectivity index (χ0n) is 9.62. The van der Waals surface area contributed by atoms with Crippen LogP contribution in [0.5, 0.6) is 0 Å². The molecule has 0 radical (unpaired) electrons. The fraction of sp³-hybridized carbons (Fsp3) is 0.154. The topological polar surface area (TPSA) is 38.9 Å². The smallest absolute Gasteiger partial charge is 0.397 e. The van der Waals surface area contributed by atoms with E-state index in [-0.39, 0.29) is 11.4 Å². The van der Waals surface area contributed by atoms with Crippen molar-refractivity contribution in [1.29, 1.82) is 0 Å². The van der Waals surface area contributed by atoms with Crippen molar-refractivity contribution in [1.82, 2.24) is 4.98 Å². The number of pyridine rings is 1. The van der Waals surface area contributed by atoms with E-state index in [1.807, 2.05) is 13.0 Å². The molecule has 1 aromatic carbocycles. The third-order valence-electron chi connectivity index (χ3n) is 2.51. The maximum atomic E-state index is 12.9. The van der Waals surface area contributed by atoms with E-state index in [1.165, 1.54) is 6.20 Å². The summed E-state index contributed by atoms with van der Waals surface area (Å²) < 4.78 is 38.8. The lowest BCUT2D eigenvalue weighted by atomic mass is 10.0. The Labute approximate surface area is 102 Å². The number of benzene rings is 1. The van der Waals surface area contributed by atoms with Gasteiger partial charge in [-0.15, -0.1) is 0 Å². The summed E-state index contributed by atoms with van der Waals surface area (Å²) in [6.07, 6.45) is -3.24. The molecular formula is C13H11F3N2. The molecular weight excluding hydrogens is 241 g/mol. The number of rotatable bonds is 1. The van der Waals surface area contributed by atoms with Crippen molar-refractivity contribution in [3.05, 3.63) is 47.7 Å². The van der Waals surface area contributed by atoms with Crippen LogP contribution in [0.15, 0.2) is 36.5 Å². The molecule has 2 N–H and O–H groups in total. The summed E-state index contributed by atoms with van der Waals surface area (Å²) in [6.45, 7) is 1.81. The molecule has 0 aliphatic rings. The van der Waals surface area contributed by atoms with Crippen LogP contribution in [-0.4, -0.2) is 4.98 Å². The standard InChI is InChI=1S/C13H11F3N2/c1-8-3-2-4-9(5-8)12-11(13(14,15)16)6-10(17)7-18-12/h2-7H,17H2,1H3. The molecule has 0 unspecified atom stereocenters. The van der Waals surface area contributed by atoms with Gasteiger partial charge < -0.3 is 5.73 Å². The third kappa shape index (κ3) is 2.45. The Hall–Kier alpha value is -2.04. The van der Waals surface area contributed by atoms with Gasteiger partial charge in [-0.1, -0.05) is 23.8 Å². The number of nitrogens with two attached hydrogens (primary N) is 1. The van der Waals surface area contributed by atoms with Gasteiger partial charge in [0.25, 0.3) is 0 Å². The molecule has 0 saturated heterocycles. The molecule has 0 spiro atoms. The van der Waals surface area contributed by atoms with Gasteiger partial charge in [0.15, 0.2) is 0 Å². The SMILES string of the molecule is Cc1cccc(-c2ncc(N)cc2C(F)(F)F)c1. The molecule has 1 aromatic heterocycles. The second kappa shape index (κ2) is 4.33. The maximum absolute atomic E-state index is 12.9. The van der Waals surface area contributed by atoms with E-state index in [0.717, 1.165) is 11.6 Å². The molecule has 0 saturated carbocycles. The Morgan fingerprint density at radius 1 is 1.17 bits per heavy atom. The average molecular weight is 252 g/mol. The first-order valence-corrected chi connectivity index (χ1v) is 5.27. The molecule has 18 heavy (non-hydrogen) atoms. The van der Waals surface area contributed by atoms with Crippen molar-refractivity contribution >= 4 is 5.69 Å². The van der Waals surface area contributed by atoms with E-state index in [9.17, 15) is 13.2 Å². The summed E-state index contributed by atoms with van der Waals surface area (Å²) in [5.74, 6) is 0. The van der Waals surface area contributed by atoms with Gasteiger partial charge in [0.1, 0.15) is 0 Å². The average Bonchev–Trinajstić information content (AvgIpc) is 2.27. The highest BCUT2D eigenvalue weighted by atomic mass is 19.4. The van der Waals surface area contributed by atoms with Crippen molar-refractivity contribution in [3.8, 4) is 11.3 Å². The minimum atomic E-state index is -4.47. The molecule has 94 valence electrons. The predicted octanol–water partition coefficient (Wildman–Crippen LogP) is 3.66. The minimum absolute atomic E-state index is 0.00118. The first-order valence-electron chi connectivity index (χ1n) is 5.27. The van der Waals surface area contributed by atoms with E-state index in [0.29, 0.717) is 5.56 Å². The molecule has 0 atom stereocenters. The van der Waals surface area contributed by atoms with Crippen molar-refractivity contribution in [2.75, 3.05) is 5.73 Å². The summed E-state index contributed by atoms with van der Waals surface area (Å²) in [5.41, 5.74) is 5.77. The Kier molecular flexibility index (Phi) is 2.98. The van der Waals surface area contributed by atoms with Crippen LogP contribution in [0.4, 0.5) is 18.9 Å². The van der Waals surface area contributed by atoms with Crippen LogP contribution in [0.1, 0.15) is 11.1 Å². The number of hydrogen-bond acceptors (Lipinski definition) is 2. The molecule has 2 nitrogen and oxygen atoms in total. The van der Waals surface area contributed by atoms with E-state index in [4.69, 9.17) is 5.73 Å². The predicted molar refractivity (Wildman–Crippen MR) is 63.8 cm³/mol. The lowest BCUT2D eigenvalue weighted by molar-refractivity contribution is -0.137. The van der Waals surface area contributed by atoms with E-state index in [1.54, 1.807) is 18.2 Å². The molecule has 2 rings (SSSR count). The Bertz CT molecular complexity index is 577. The zero-order chi connectivity index (χ0) is 13.3. The number of aromatic nitrogens is 1. The van der Waals surface area contributed by atoms with Gasteiger partial charge in [-0.05, 0) is 19.1 Å². The highest BCUT2D eigenvalue weighted by Crippen LogP contribution is 2.36. The number of alkyl halides is 3. The molecule has 0 fully saturated rings. The summed E-state index contributed by atoms with van der Waals surface area (Å²) in [4.78, 5) is 3.81. The largest absolute Gasteiger partial charge is 0.418 e. The minimum Gasteiger partial charge on any atom is -0.397 e. The molecule has 1 heterocycles. The van der Waals surface area contributed by atoms with Crippen molar-refractivity contribution in [2.45, 2.75) is 13.1 Å². The molecule has 5 heteroatoms. The van der Waals surface area contributed by atoms with Crippen molar-refractivity contribution in [3.63, 3.8) is 0 Å². The molecule has 2 aromatic rings. The number of anilines is 1. The first-order chi connectivity index (χ1) is 8.38. The highest BCUT2D eigenvalue weighted by Gasteiger charge is 2.34. The van der Waals surface area contributed by atoms with Crippen LogP contribution in [0.2, 0.25) is 0 Å². The Morgan fingerprint density at radius 2 is 1.89 bits per heavy atom. The number of nitrogen functional groups attached to an aromatic ring is 1. The van der Waals surface area contributed by atoms with Gasteiger partial charge in [-0.25, -0.2) is 0 Å². The fourth-order valence-electron chi connectivity index (χ4n) is 1.72.